The molecule has 0 saturated heterocycles. The molecule has 13 heavy (non-hydrogen) atoms. The maximum Gasteiger partial charge on any atom is 0.0705 e. The van der Waals surface area contributed by atoms with Crippen molar-refractivity contribution in [2.24, 2.45) is 5.73 Å². The number of halogens is 2. The molecule has 0 saturated carbocycles. The lowest BCUT2D eigenvalue weighted by molar-refractivity contribution is 0.164. The van der Waals surface area contributed by atoms with E-state index in [-0.39, 0.29) is 0 Å². The third-order valence-electron chi connectivity index (χ3n) is 1.84. The van der Waals surface area contributed by atoms with Gasteiger partial charge in [-0.25, -0.2) is 0 Å². The second-order valence-corrected chi connectivity index (χ2v) is 4.26. The average Bonchev–Trinajstić information content (AvgIpc) is 2.08. The Balaban J connectivity index is 3.05. The molecule has 1 aromatic rings. The number of rotatable bonds is 2. The molecule has 0 bridgehead atoms. The molecule has 0 aliphatic heterocycles. The van der Waals surface area contributed by atoms with Gasteiger partial charge in [-0.05, 0) is 30.7 Å². The number of aliphatic hydroxyl groups excluding tert-OH is 1. The second kappa shape index (κ2) is 4.42. The molecule has 0 aromatic heterocycles. The fraction of sp³-hybridized carbons (Fsp3) is 0.333. The minimum absolute atomic E-state index is 0.440. The van der Waals surface area contributed by atoms with Gasteiger partial charge in [-0.3, -0.25) is 0 Å². The molecule has 0 heterocycles. The molecule has 1 aromatic carbocycles. The van der Waals surface area contributed by atoms with E-state index in [2.05, 4.69) is 15.9 Å². The summed E-state index contributed by atoms with van der Waals surface area (Å²) in [5.74, 6) is 0. The van der Waals surface area contributed by atoms with E-state index >= 15 is 0 Å². The van der Waals surface area contributed by atoms with Crippen molar-refractivity contribution in [1.29, 1.82) is 0 Å². The lowest BCUT2D eigenvalue weighted by atomic mass is 10.0. The topological polar surface area (TPSA) is 46.2 Å². The molecule has 4 heteroatoms. The summed E-state index contributed by atoms with van der Waals surface area (Å²) < 4.78 is 0.906. The second-order valence-electron chi connectivity index (χ2n) is 2.93. The van der Waals surface area contributed by atoms with E-state index in [0.717, 1.165) is 10.0 Å². The molecule has 0 aliphatic rings. The van der Waals surface area contributed by atoms with Crippen molar-refractivity contribution in [3.63, 3.8) is 0 Å². The number of hydrogen-bond acceptors (Lipinski definition) is 2. The number of benzene rings is 1. The first-order valence-electron chi connectivity index (χ1n) is 3.91. The summed E-state index contributed by atoms with van der Waals surface area (Å²) in [4.78, 5) is 0. The molecule has 3 N–H and O–H groups in total. The highest BCUT2D eigenvalue weighted by atomic mass is 79.9. The quantitative estimate of drug-likeness (QED) is 0.862. The van der Waals surface area contributed by atoms with Gasteiger partial charge in [-0.15, -0.1) is 0 Å². The van der Waals surface area contributed by atoms with E-state index in [4.69, 9.17) is 17.3 Å². The Kier molecular flexibility index (Phi) is 3.74. The van der Waals surface area contributed by atoms with Crippen LogP contribution >= 0.6 is 27.5 Å². The zero-order valence-corrected chi connectivity index (χ0v) is 9.51. The predicted molar refractivity (Wildman–Crippen MR) is 57.8 cm³/mol. The van der Waals surface area contributed by atoms with Crippen LogP contribution in [0.1, 0.15) is 18.5 Å². The van der Waals surface area contributed by atoms with Gasteiger partial charge in [0.1, 0.15) is 0 Å². The van der Waals surface area contributed by atoms with Crippen molar-refractivity contribution in [2.75, 3.05) is 0 Å². The summed E-state index contributed by atoms with van der Waals surface area (Å²) in [6.07, 6.45) is -0.605. The van der Waals surface area contributed by atoms with Gasteiger partial charge in [0.25, 0.3) is 0 Å². The van der Waals surface area contributed by atoms with Gasteiger partial charge in [-0.2, -0.15) is 0 Å². The molecule has 2 atom stereocenters. The van der Waals surface area contributed by atoms with Crippen molar-refractivity contribution in [1.82, 2.24) is 0 Å². The summed E-state index contributed by atoms with van der Waals surface area (Å²) in [7, 11) is 0. The van der Waals surface area contributed by atoms with Crippen molar-refractivity contribution in [2.45, 2.75) is 19.1 Å². The molecule has 0 amide bonds. The van der Waals surface area contributed by atoms with Crippen LogP contribution < -0.4 is 5.73 Å². The average molecular weight is 265 g/mol. The maximum atomic E-state index is 9.29. The molecular weight excluding hydrogens is 253 g/mol. The molecule has 0 fully saturated rings. The van der Waals surface area contributed by atoms with E-state index in [1.807, 2.05) is 12.1 Å². The summed E-state index contributed by atoms with van der Waals surface area (Å²) in [6.45, 7) is 1.64. The lowest BCUT2D eigenvalue weighted by Gasteiger charge is -2.16. The number of nitrogens with two attached hydrogens (primary N) is 1. The van der Waals surface area contributed by atoms with Crippen LogP contribution in [0, 0.1) is 0 Å². The summed E-state index contributed by atoms with van der Waals surface area (Å²) >= 11 is 9.24. The van der Waals surface area contributed by atoms with E-state index in [1.165, 1.54) is 0 Å². The van der Waals surface area contributed by atoms with Gasteiger partial charge in [0, 0.05) is 9.50 Å². The van der Waals surface area contributed by atoms with E-state index in [1.54, 1.807) is 13.0 Å². The Morgan fingerprint density at radius 1 is 1.54 bits per heavy atom. The van der Waals surface area contributed by atoms with Crippen molar-refractivity contribution in [3.05, 3.63) is 33.3 Å². The van der Waals surface area contributed by atoms with Gasteiger partial charge in [0.05, 0.1) is 12.1 Å². The maximum absolute atomic E-state index is 9.29. The molecule has 0 unspecified atom stereocenters. The highest BCUT2D eigenvalue weighted by Gasteiger charge is 2.15. The Hall–Kier alpha value is -0.0900. The van der Waals surface area contributed by atoms with Gasteiger partial charge in [0.2, 0.25) is 0 Å². The zero-order valence-electron chi connectivity index (χ0n) is 7.17. The van der Waals surface area contributed by atoms with E-state index in [0.29, 0.717) is 5.02 Å². The van der Waals surface area contributed by atoms with Crippen LogP contribution in [-0.2, 0) is 0 Å². The molecule has 72 valence electrons. The summed E-state index contributed by atoms with van der Waals surface area (Å²) in [5, 5.41) is 9.87. The molecule has 0 spiro atoms. The predicted octanol–water partition coefficient (Wildman–Crippen LogP) is 2.48. The van der Waals surface area contributed by atoms with Crippen LogP contribution in [0.4, 0.5) is 0 Å². The molecule has 2 nitrogen and oxygen atoms in total. The van der Waals surface area contributed by atoms with Crippen molar-refractivity contribution < 1.29 is 5.11 Å². The third-order valence-corrected chi connectivity index (χ3v) is 2.67. The van der Waals surface area contributed by atoms with Crippen molar-refractivity contribution >= 4 is 27.5 Å². The van der Waals surface area contributed by atoms with Gasteiger partial charge in [0.15, 0.2) is 0 Å². The van der Waals surface area contributed by atoms with Gasteiger partial charge < -0.3 is 10.8 Å². The minimum Gasteiger partial charge on any atom is -0.391 e. The third kappa shape index (κ3) is 2.68. The fourth-order valence-corrected chi connectivity index (χ4v) is 1.65. The van der Waals surface area contributed by atoms with Crippen LogP contribution in [0.5, 0.6) is 0 Å². The van der Waals surface area contributed by atoms with Gasteiger partial charge >= 0.3 is 0 Å². The number of aliphatic hydroxyl groups is 1. The smallest absolute Gasteiger partial charge is 0.0705 e. The van der Waals surface area contributed by atoms with Crippen LogP contribution in [-0.4, -0.2) is 11.2 Å². The normalized spacial score (nSPS) is 15.5. The molecular formula is C9H11BrClNO. The monoisotopic (exact) mass is 263 g/mol. The van der Waals surface area contributed by atoms with Crippen LogP contribution in [0.2, 0.25) is 5.02 Å². The standard InChI is InChI=1S/C9H11BrClNO/c1-5(13)9(12)7-4-6(10)2-3-8(7)11/h2-5,9,13H,12H2,1H3/t5-,9+/m0/s1. The molecule has 0 radical (unpaired) electrons. The highest BCUT2D eigenvalue weighted by molar-refractivity contribution is 9.10. The summed E-state index contributed by atoms with van der Waals surface area (Å²) in [6, 6.07) is 4.97. The Labute approximate surface area is 90.8 Å². The Morgan fingerprint density at radius 2 is 2.15 bits per heavy atom. The largest absolute Gasteiger partial charge is 0.391 e. The SMILES string of the molecule is C[C@H](O)[C@@H](N)c1cc(Br)ccc1Cl. The lowest BCUT2D eigenvalue weighted by Crippen LogP contribution is -2.23. The van der Waals surface area contributed by atoms with Crippen LogP contribution in [0.3, 0.4) is 0 Å². The van der Waals surface area contributed by atoms with E-state index in [9.17, 15) is 5.11 Å². The zero-order chi connectivity index (χ0) is 10.0. The first-order valence-corrected chi connectivity index (χ1v) is 5.08. The highest BCUT2D eigenvalue weighted by Crippen LogP contribution is 2.26. The summed E-state index contributed by atoms with van der Waals surface area (Å²) in [5.41, 5.74) is 6.51. The van der Waals surface area contributed by atoms with Crippen LogP contribution in [0.15, 0.2) is 22.7 Å². The first-order chi connectivity index (χ1) is 6.02. The first kappa shape index (κ1) is 11.0. The minimum atomic E-state index is -0.605. The molecule has 0 aliphatic carbocycles. The van der Waals surface area contributed by atoms with Gasteiger partial charge in [-0.1, -0.05) is 27.5 Å². The fourth-order valence-electron chi connectivity index (χ4n) is 1.03. The molecule has 1 rings (SSSR count). The van der Waals surface area contributed by atoms with Crippen LogP contribution in [0.25, 0.3) is 0 Å². The number of hydrogen-bond donors (Lipinski definition) is 2. The Bertz CT molecular complexity index is 304. The van der Waals surface area contributed by atoms with Crippen molar-refractivity contribution in [3.8, 4) is 0 Å². The Morgan fingerprint density at radius 3 is 2.69 bits per heavy atom. The van der Waals surface area contributed by atoms with E-state index < -0.39 is 12.1 Å².